The van der Waals surface area contributed by atoms with E-state index in [-0.39, 0.29) is 6.61 Å². The molecule has 1 aromatic carbocycles. The molecule has 0 unspecified atom stereocenters. The number of hydrogen-bond acceptors (Lipinski definition) is 5. The van der Waals surface area contributed by atoms with Gasteiger partial charge in [0, 0.05) is 49.3 Å². The lowest BCUT2D eigenvalue weighted by Gasteiger charge is -2.44. The third-order valence-corrected chi connectivity index (χ3v) is 6.68. The average molecular weight is 372 g/mol. The molecule has 1 aromatic heterocycles. The summed E-state index contributed by atoms with van der Waals surface area (Å²) in [6, 6.07) is 11.7. The minimum atomic E-state index is 0.289. The van der Waals surface area contributed by atoms with Gasteiger partial charge in [-0.25, -0.2) is 4.98 Å². The van der Waals surface area contributed by atoms with Crippen LogP contribution in [0.5, 0.6) is 0 Å². The molecule has 2 fully saturated rings. The monoisotopic (exact) mass is 371 g/mol. The first-order valence-corrected chi connectivity index (χ1v) is 10.8. The van der Waals surface area contributed by atoms with Crippen LogP contribution in [0.15, 0.2) is 35.7 Å². The molecule has 1 saturated carbocycles. The minimum Gasteiger partial charge on any atom is -0.396 e. The summed E-state index contributed by atoms with van der Waals surface area (Å²) >= 11 is 1.76. The Kier molecular flexibility index (Phi) is 6.00. The predicted octanol–water partition coefficient (Wildman–Crippen LogP) is 3.62. The highest BCUT2D eigenvalue weighted by atomic mass is 32.1. The number of thiazole rings is 1. The van der Waals surface area contributed by atoms with Crippen molar-refractivity contribution in [2.75, 3.05) is 26.2 Å². The molecule has 1 atom stereocenters. The highest BCUT2D eigenvalue weighted by Crippen LogP contribution is 2.29. The molecule has 2 heterocycles. The molecule has 2 aliphatic rings. The van der Waals surface area contributed by atoms with Crippen LogP contribution in [0.1, 0.15) is 37.1 Å². The van der Waals surface area contributed by atoms with Crippen LogP contribution in [0, 0.1) is 0 Å². The Morgan fingerprint density at radius 2 is 1.92 bits per heavy atom. The summed E-state index contributed by atoms with van der Waals surface area (Å²) in [6.45, 7) is 4.51. The van der Waals surface area contributed by atoms with E-state index in [0.29, 0.717) is 6.04 Å². The maximum atomic E-state index is 9.53. The molecule has 1 N–H and O–H groups in total. The van der Waals surface area contributed by atoms with Crippen LogP contribution in [0.2, 0.25) is 0 Å². The number of benzene rings is 1. The van der Waals surface area contributed by atoms with Crippen LogP contribution in [0.25, 0.3) is 11.3 Å². The van der Waals surface area contributed by atoms with E-state index in [4.69, 9.17) is 4.98 Å². The molecule has 26 heavy (non-hydrogen) atoms. The van der Waals surface area contributed by atoms with Crippen molar-refractivity contribution in [3.63, 3.8) is 0 Å². The maximum absolute atomic E-state index is 9.53. The first kappa shape index (κ1) is 18.1. The molecule has 0 amide bonds. The van der Waals surface area contributed by atoms with Gasteiger partial charge in [-0.15, -0.1) is 11.3 Å². The molecular weight excluding hydrogens is 342 g/mol. The van der Waals surface area contributed by atoms with Crippen LogP contribution in [0.4, 0.5) is 0 Å². The Morgan fingerprint density at radius 1 is 1.12 bits per heavy atom. The molecule has 1 saturated heterocycles. The Hall–Kier alpha value is -1.27. The van der Waals surface area contributed by atoms with E-state index in [1.807, 2.05) is 6.07 Å². The van der Waals surface area contributed by atoms with E-state index >= 15 is 0 Å². The van der Waals surface area contributed by atoms with Crippen LogP contribution < -0.4 is 0 Å². The fourth-order valence-electron chi connectivity index (χ4n) is 4.52. The molecule has 4 nitrogen and oxygen atoms in total. The molecule has 0 spiro atoms. The fourth-order valence-corrected chi connectivity index (χ4v) is 5.36. The lowest BCUT2D eigenvalue weighted by atomic mass is 10.0. The number of aromatic nitrogens is 1. The second kappa shape index (κ2) is 8.61. The van der Waals surface area contributed by atoms with Gasteiger partial charge in [0.05, 0.1) is 12.2 Å². The first-order chi connectivity index (χ1) is 12.8. The predicted molar refractivity (Wildman–Crippen MR) is 107 cm³/mol. The van der Waals surface area contributed by atoms with Gasteiger partial charge in [0.25, 0.3) is 0 Å². The summed E-state index contributed by atoms with van der Waals surface area (Å²) in [5.41, 5.74) is 2.28. The van der Waals surface area contributed by atoms with E-state index in [2.05, 4.69) is 39.4 Å². The number of aliphatic hydroxyl groups is 1. The Morgan fingerprint density at radius 3 is 2.69 bits per heavy atom. The van der Waals surface area contributed by atoms with Crippen molar-refractivity contribution in [1.29, 1.82) is 0 Å². The van der Waals surface area contributed by atoms with Gasteiger partial charge < -0.3 is 5.11 Å². The van der Waals surface area contributed by atoms with Gasteiger partial charge in [0.15, 0.2) is 0 Å². The molecule has 140 valence electrons. The van der Waals surface area contributed by atoms with Gasteiger partial charge in [0.2, 0.25) is 0 Å². The van der Waals surface area contributed by atoms with Gasteiger partial charge in [0.1, 0.15) is 5.01 Å². The van der Waals surface area contributed by atoms with Gasteiger partial charge in [-0.1, -0.05) is 43.2 Å². The Balaban J connectivity index is 1.39. The van der Waals surface area contributed by atoms with Crippen molar-refractivity contribution in [2.24, 2.45) is 0 Å². The highest BCUT2D eigenvalue weighted by Gasteiger charge is 2.33. The van der Waals surface area contributed by atoms with Crippen molar-refractivity contribution in [1.82, 2.24) is 14.8 Å². The third-order valence-electron chi connectivity index (χ3n) is 5.85. The normalized spacial score (nSPS) is 22.9. The molecule has 4 rings (SSSR count). The summed E-state index contributed by atoms with van der Waals surface area (Å²) < 4.78 is 0. The number of aliphatic hydroxyl groups excluding tert-OH is 1. The second-order valence-corrected chi connectivity index (χ2v) is 8.51. The average Bonchev–Trinajstić information content (AvgIpc) is 3.35. The number of nitrogens with zero attached hydrogens (tertiary/aromatic N) is 3. The van der Waals surface area contributed by atoms with Gasteiger partial charge in [-0.05, 0) is 19.3 Å². The smallest absolute Gasteiger partial charge is 0.107 e. The van der Waals surface area contributed by atoms with E-state index < -0.39 is 0 Å². The minimum absolute atomic E-state index is 0.289. The second-order valence-electron chi connectivity index (χ2n) is 7.57. The molecule has 1 aliphatic heterocycles. The topological polar surface area (TPSA) is 39.6 Å². The van der Waals surface area contributed by atoms with E-state index in [0.717, 1.165) is 44.3 Å². The largest absolute Gasteiger partial charge is 0.396 e. The SMILES string of the molecule is OCC[C@@H]1CN(Cc2nc(-c3ccccc3)cs2)CCN1C1CCCC1. The van der Waals surface area contributed by atoms with Crippen LogP contribution in [0.3, 0.4) is 0 Å². The number of rotatable bonds is 6. The first-order valence-electron chi connectivity index (χ1n) is 9.92. The maximum Gasteiger partial charge on any atom is 0.107 e. The molecule has 5 heteroatoms. The Bertz CT molecular complexity index is 684. The van der Waals surface area contributed by atoms with E-state index in [1.165, 1.54) is 36.3 Å². The lowest BCUT2D eigenvalue weighted by molar-refractivity contribution is 0.0267. The van der Waals surface area contributed by atoms with Crippen molar-refractivity contribution in [3.8, 4) is 11.3 Å². The highest BCUT2D eigenvalue weighted by molar-refractivity contribution is 7.09. The van der Waals surface area contributed by atoms with Crippen LogP contribution in [-0.4, -0.2) is 58.2 Å². The quantitative estimate of drug-likeness (QED) is 0.842. The lowest BCUT2D eigenvalue weighted by Crippen LogP contribution is -2.55. The fraction of sp³-hybridized carbons (Fsp3) is 0.571. The summed E-state index contributed by atoms with van der Waals surface area (Å²) in [5, 5.41) is 12.9. The molecule has 2 aromatic rings. The zero-order valence-electron chi connectivity index (χ0n) is 15.4. The summed E-state index contributed by atoms with van der Waals surface area (Å²) in [7, 11) is 0. The van der Waals surface area contributed by atoms with E-state index in [1.54, 1.807) is 11.3 Å². The number of piperazine rings is 1. The zero-order chi connectivity index (χ0) is 17.8. The number of hydrogen-bond donors (Lipinski definition) is 1. The standard InChI is InChI=1S/C21H29N3OS/c25-13-10-19-14-23(11-12-24(19)18-8-4-5-9-18)15-21-22-20(16-26-21)17-6-2-1-3-7-17/h1-3,6-7,16,18-19,25H,4-5,8-15H2/t19-/m1/s1. The zero-order valence-corrected chi connectivity index (χ0v) is 16.2. The molecule has 0 bridgehead atoms. The van der Waals surface area contributed by atoms with Crippen molar-refractivity contribution in [2.45, 2.75) is 50.7 Å². The van der Waals surface area contributed by atoms with Crippen molar-refractivity contribution < 1.29 is 5.11 Å². The summed E-state index contributed by atoms with van der Waals surface area (Å²) in [6.07, 6.45) is 6.32. The summed E-state index contributed by atoms with van der Waals surface area (Å²) in [5.74, 6) is 0. The van der Waals surface area contributed by atoms with Crippen LogP contribution in [-0.2, 0) is 6.54 Å². The summed E-state index contributed by atoms with van der Waals surface area (Å²) in [4.78, 5) is 10.1. The van der Waals surface area contributed by atoms with Crippen molar-refractivity contribution in [3.05, 3.63) is 40.7 Å². The Labute approximate surface area is 160 Å². The molecule has 1 aliphatic carbocycles. The third kappa shape index (κ3) is 4.17. The van der Waals surface area contributed by atoms with Crippen LogP contribution >= 0.6 is 11.3 Å². The van der Waals surface area contributed by atoms with Crippen molar-refractivity contribution >= 4 is 11.3 Å². The van der Waals surface area contributed by atoms with E-state index in [9.17, 15) is 5.11 Å². The molecular formula is C21H29N3OS. The molecule has 0 radical (unpaired) electrons. The van der Waals surface area contributed by atoms with Gasteiger partial charge >= 0.3 is 0 Å². The van der Waals surface area contributed by atoms with Gasteiger partial charge in [-0.2, -0.15) is 0 Å². The van der Waals surface area contributed by atoms with Gasteiger partial charge in [-0.3, -0.25) is 9.80 Å².